The number of carboxylic acids is 1. The Kier molecular flexibility index (Phi) is 4.15. The zero-order valence-corrected chi connectivity index (χ0v) is 14.3. The molecule has 1 aromatic carbocycles. The van der Waals surface area contributed by atoms with E-state index < -0.39 is 5.97 Å². The number of hydrogen-bond donors (Lipinski definition) is 1. The maximum absolute atomic E-state index is 11.1. The lowest BCUT2D eigenvalue weighted by Crippen LogP contribution is -1.92. The minimum Gasteiger partial charge on any atom is -0.477 e. The third-order valence-corrected chi connectivity index (χ3v) is 6.07. The minimum absolute atomic E-state index is 0.344. The lowest BCUT2D eigenvalue weighted by atomic mass is 9.99. The van der Waals surface area contributed by atoms with Gasteiger partial charge in [0.15, 0.2) is 6.29 Å². The molecule has 3 nitrogen and oxygen atoms in total. The molecule has 0 atom stereocenters. The summed E-state index contributed by atoms with van der Waals surface area (Å²) in [5, 5.41) is 9.02. The summed E-state index contributed by atoms with van der Waals surface area (Å²) in [6.45, 7) is 3.88. The molecule has 0 fully saturated rings. The highest BCUT2D eigenvalue weighted by Crippen LogP contribution is 2.38. The third-order valence-electron chi connectivity index (χ3n) is 3.66. The van der Waals surface area contributed by atoms with Gasteiger partial charge in [0.1, 0.15) is 4.88 Å². The summed E-state index contributed by atoms with van der Waals surface area (Å²) in [4.78, 5) is 25.5. The first-order chi connectivity index (χ1) is 11.0. The van der Waals surface area contributed by atoms with Crippen molar-refractivity contribution in [3.8, 4) is 20.2 Å². The van der Waals surface area contributed by atoms with E-state index in [1.165, 1.54) is 11.3 Å². The second-order valence-corrected chi connectivity index (χ2v) is 7.44. The molecule has 5 heteroatoms. The van der Waals surface area contributed by atoms with Crippen LogP contribution in [0.3, 0.4) is 0 Å². The molecule has 0 spiro atoms. The summed E-state index contributed by atoms with van der Waals surface area (Å²) < 4.78 is 0. The summed E-state index contributed by atoms with van der Waals surface area (Å²) in [7, 11) is 0. The zero-order chi connectivity index (χ0) is 16.6. The molecule has 2 heterocycles. The van der Waals surface area contributed by atoms with Crippen LogP contribution in [0.25, 0.3) is 20.2 Å². The van der Waals surface area contributed by atoms with Crippen LogP contribution in [0.4, 0.5) is 0 Å². The Labute approximate surface area is 141 Å². The van der Waals surface area contributed by atoms with Gasteiger partial charge in [0.2, 0.25) is 0 Å². The van der Waals surface area contributed by atoms with E-state index in [1.54, 1.807) is 17.4 Å². The standard InChI is InChI=1S/C18H14O3S2/c1-10-7-12(8-11(2)13(10)9-19)14-3-4-15(22-14)16-5-6-17(23-16)18(20)21/h3-9H,1-2H3,(H,20,21). The Hall–Kier alpha value is -2.24. The average molecular weight is 342 g/mol. The molecular formula is C18H14O3S2. The number of carbonyl (C=O) groups is 2. The van der Waals surface area contributed by atoms with Crippen LogP contribution in [-0.2, 0) is 0 Å². The van der Waals surface area contributed by atoms with Crippen LogP contribution in [0.5, 0.6) is 0 Å². The Morgan fingerprint density at radius 1 is 0.957 bits per heavy atom. The molecule has 3 aromatic rings. The highest BCUT2D eigenvalue weighted by molar-refractivity contribution is 7.24. The van der Waals surface area contributed by atoms with Gasteiger partial charge in [-0.25, -0.2) is 4.79 Å². The van der Waals surface area contributed by atoms with Gasteiger partial charge in [-0.15, -0.1) is 22.7 Å². The molecule has 0 radical (unpaired) electrons. The summed E-state index contributed by atoms with van der Waals surface area (Å²) in [6.07, 6.45) is 0.896. The van der Waals surface area contributed by atoms with Crippen molar-refractivity contribution in [2.75, 3.05) is 0 Å². The topological polar surface area (TPSA) is 54.4 Å². The van der Waals surface area contributed by atoms with Gasteiger partial charge in [-0.1, -0.05) is 0 Å². The highest BCUT2D eigenvalue weighted by atomic mass is 32.1. The van der Waals surface area contributed by atoms with Gasteiger partial charge >= 0.3 is 5.97 Å². The fourth-order valence-electron chi connectivity index (χ4n) is 2.51. The van der Waals surface area contributed by atoms with Crippen LogP contribution < -0.4 is 0 Å². The van der Waals surface area contributed by atoms with Crippen LogP contribution in [0.15, 0.2) is 36.4 Å². The lowest BCUT2D eigenvalue weighted by molar-refractivity contribution is 0.0702. The normalized spacial score (nSPS) is 10.7. The Balaban J connectivity index is 1.98. The number of aryl methyl sites for hydroxylation is 2. The Morgan fingerprint density at radius 3 is 2.09 bits per heavy atom. The average Bonchev–Trinajstić information content (AvgIpc) is 3.16. The number of hydrogen-bond acceptors (Lipinski definition) is 4. The van der Waals surface area contributed by atoms with E-state index in [4.69, 9.17) is 5.11 Å². The number of aromatic carboxylic acids is 1. The van der Waals surface area contributed by atoms with Crippen molar-refractivity contribution in [3.05, 3.63) is 58.0 Å². The zero-order valence-electron chi connectivity index (χ0n) is 12.6. The van der Waals surface area contributed by atoms with Crippen molar-refractivity contribution in [2.24, 2.45) is 0 Å². The second kappa shape index (κ2) is 6.10. The van der Waals surface area contributed by atoms with E-state index >= 15 is 0 Å². The van der Waals surface area contributed by atoms with Gasteiger partial charge in [-0.05, 0) is 66.9 Å². The molecule has 3 rings (SSSR count). The van der Waals surface area contributed by atoms with Gasteiger partial charge in [0, 0.05) is 20.2 Å². The summed E-state index contributed by atoms with van der Waals surface area (Å²) in [5.41, 5.74) is 3.76. The lowest BCUT2D eigenvalue weighted by Gasteiger charge is -2.06. The number of benzene rings is 1. The minimum atomic E-state index is -0.895. The maximum atomic E-state index is 11.1. The number of carboxylic acid groups (broad SMARTS) is 1. The number of aldehydes is 1. The number of rotatable bonds is 4. The molecule has 0 amide bonds. The quantitative estimate of drug-likeness (QED) is 0.657. The summed E-state index contributed by atoms with van der Waals surface area (Å²) >= 11 is 2.90. The monoisotopic (exact) mass is 342 g/mol. The first kappa shape index (κ1) is 15.6. The van der Waals surface area contributed by atoms with Crippen molar-refractivity contribution < 1.29 is 14.7 Å². The van der Waals surface area contributed by atoms with E-state index in [2.05, 4.69) is 0 Å². The number of thiophene rings is 2. The SMILES string of the molecule is Cc1cc(-c2ccc(-c3ccc(C(=O)O)s3)s2)cc(C)c1C=O. The van der Waals surface area contributed by atoms with Crippen molar-refractivity contribution in [1.29, 1.82) is 0 Å². The van der Waals surface area contributed by atoms with Gasteiger partial charge in [-0.3, -0.25) is 4.79 Å². The van der Waals surface area contributed by atoms with Crippen molar-refractivity contribution in [3.63, 3.8) is 0 Å². The van der Waals surface area contributed by atoms with Crippen LogP contribution in [0.1, 0.15) is 31.2 Å². The molecule has 0 bridgehead atoms. The fourth-order valence-corrected chi connectivity index (χ4v) is 4.44. The van der Waals surface area contributed by atoms with Gasteiger partial charge < -0.3 is 5.11 Å². The first-order valence-corrected chi connectivity index (χ1v) is 8.63. The predicted molar refractivity (Wildman–Crippen MR) is 94.9 cm³/mol. The van der Waals surface area contributed by atoms with Crippen LogP contribution in [0.2, 0.25) is 0 Å². The fraction of sp³-hybridized carbons (Fsp3) is 0.111. The van der Waals surface area contributed by atoms with E-state index in [9.17, 15) is 9.59 Å². The molecule has 0 aliphatic heterocycles. The van der Waals surface area contributed by atoms with Gasteiger partial charge in [0.25, 0.3) is 0 Å². The first-order valence-electron chi connectivity index (χ1n) is 6.99. The Morgan fingerprint density at radius 2 is 1.52 bits per heavy atom. The summed E-state index contributed by atoms with van der Waals surface area (Å²) in [6, 6.07) is 11.6. The Bertz CT molecular complexity index is 880. The van der Waals surface area contributed by atoms with Gasteiger partial charge in [-0.2, -0.15) is 0 Å². The van der Waals surface area contributed by atoms with E-state index in [1.807, 2.05) is 44.2 Å². The van der Waals surface area contributed by atoms with Crippen molar-refractivity contribution >= 4 is 34.9 Å². The molecule has 1 N–H and O–H groups in total. The molecular weight excluding hydrogens is 328 g/mol. The molecule has 2 aromatic heterocycles. The number of carbonyl (C=O) groups excluding carboxylic acids is 1. The molecule has 0 aliphatic carbocycles. The molecule has 0 saturated heterocycles. The van der Waals surface area contributed by atoms with Crippen molar-refractivity contribution in [1.82, 2.24) is 0 Å². The largest absolute Gasteiger partial charge is 0.477 e. The predicted octanol–water partition coefficient (Wildman–Crippen LogP) is 5.27. The maximum Gasteiger partial charge on any atom is 0.345 e. The highest BCUT2D eigenvalue weighted by Gasteiger charge is 2.12. The van der Waals surface area contributed by atoms with Crippen LogP contribution >= 0.6 is 22.7 Å². The van der Waals surface area contributed by atoms with E-state index in [0.29, 0.717) is 4.88 Å². The van der Waals surface area contributed by atoms with Gasteiger partial charge in [0.05, 0.1) is 0 Å². The molecule has 0 saturated carbocycles. The molecule has 0 unspecified atom stereocenters. The van der Waals surface area contributed by atoms with E-state index in [-0.39, 0.29) is 0 Å². The third kappa shape index (κ3) is 2.98. The molecule has 0 aliphatic rings. The summed E-state index contributed by atoms with van der Waals surface area (Å²) in [5.74, 6) is -0.895. The second-order valence-electron chi connectivity index (χ2n) is 5.27. The van der Waals surface area contributed by atoms with Crippen LogP contribution in [0, 0.1) is 13.8 Å². The van der Waals surface area contributed by atoms with Crippen molar-refractivity contribution in [2.45, 2.75) is 13.8 Å². The molecule has 116 valence electrons. The van der Waals surface area contributed by atoms with Crippen LogP contribution in [-0.4, -0.2) is 17.4 Å². The smallest absolute Gasteiger partial charge is 0.345 e. The molecule has 23 heavy (non-hydrogen) atoms. The van der Waals surface area contributed by atoms with E-state index in [0.717, 1.165) is 43.2 Å².